The smallest absolute Gasteiger partial charge is 0.223 e. The van der Waals surface area contributed by atoms with Gasteiger partial charge in [-0.15, -0.1) is 0 Å². The maximum atomic E-state index is 12.2. The molecule has 0 aromatic heterocycles. The van der Waals surface area contributed by atoms with Gasteiger partial charge >= 0.3 is 0 Å². The molecule has 2 aromatic carbocycles. The largest absolute Gasteiger partial charge is 0.497 e. The van der Waals surface area contributed by atoms with Crippen molar-refractivity contribution in [3.63, 3.8) is 0 Å². The third kappa shape index (κ3) is 5.84. The summed E-state index contributed by atoms with van der Waals surface area (Å²) in [6, 6.07) is 18.0. The van der Waals surface area contributed by atoms with E-state index in [1.807, 2.05) is 42.5 Å². The first-order valence-corrected chi connectivity index (χ1v) is 9.89. The Morgan fingerprint density at radius 1 is 0.893 bits per heavy atom. The van der Waals surface area contributed by atoms with E-state index >= 15 is 0 Å². The summed E-state index contributed by atoms with van der Waals surface area (Å²) in [7, 11) is 1.64. The predicted octanol–water partition coefficient (Wildman–Crippen LogP) is 2.74. The fourth-order valence-corrected chi connectivity index (χ4v) is 3.34. The van der Waals surface area contributed by atoms with Crippen LogP contribution in [0.25, 0.3) is 0 Å². The highest BCUT2D eigenvalue weighted by atomic mass is 16.5. The zero-order valence-electron chi connectivity index (χ0n) is 16.3. The Morgan fingerprint density at radius 2 is 1.57 bits per heavy atom. The lowest BCUT2D eigenvalue weighted by Gasteiger charge is -2.07. The monoisotopic (exact) mass is 380 g/mol. The zero-order valence-corrected chi connectivity index (χ0v) is 16.3. The van der Waals surface area contributed by atoms with E-state index in [-0.39, 0.29) is 23.7 Å². The molecule has 1 aliphatic rings. The summed E-state index contributed by atoms with van der Waals surface area (Å²) < 4.78 is 5.20. The van der Waals surface area contributed by atoms with Gasteiger partial charge in [0.05, 0.1) is 18.9 Å². The van der Waals surface area contributed by atoms with Gasteiger partial charge in [0.25, 0.3) is 0 Å². The summed E-state index contributed by atoms with van der Waals surface area (Å²) in [6.45, 7) is 1.21. The summed E-state index contributed by atoms with van der Waals surface area (Å²) in [5.74, 6) is 0.441. The summed E-state index contributed by atoms with van der Waals surface area (Å²) in [4.78, 5) is 24.4. The van der Waals surface area contributed by atoms with Crippen molar-refractivity contribution in [1.82, 2.24) is 10.6 Å². The Hall–Kier alpha value is -2.82. The number of aryl methyl sites for hydroxylation is 1. The van der Waals surface area contributed by atoms with Crippen molar-refractivity contribution >= 4 is 11.8 Å². The van der Waals surface area contributed by atoms with Gasteiger partial charge in [-0.05, 0) is 48.9 Å². The van der Waals surface area contributed by atoms with Gasteiger partial charge in [-0.2, -0.15) is 0 Å². The van der Waals surface area contributed by atoms with Crippen LogP contribution >= 0.6 is 0 Å². The lowest BCUT2D eigenvalue weighted by molar-refractivity contribution is -0.127. The number of amides is 2. The molecule has 5 heteroatoms. The van der Waals surface area contributed by atoms with Gasteiger partial charge in [0, 0.05) is 13.1 Å². The van der Waals surface area contributed by atoms with Crippen LogP contribution in [0.1, 0.15) is 24.0 Å². The van der Waals surface area contributed by atoms with Crippen molar-refractivity contribution < 1.29 is 14.3 Å². The SMILES string of the molecule is COc1cccc(CCNC(=O)C2CC2C(=O)NCCCc2ccccc2)c1. The molecule has 0 spiro atoms. The second-order valence-corrected chi connectivity index (χ2v) is 7.22. The molecule has 2 unspecified atom stereocenters. The Labute approximate surface area is 166 Å². The van der Waals surface area contributed by atoms with Gasteiger partial charge in [-0.25, -0.2) is 0 Å². The minimum atomic E-state index is -0.181. The lowest BCUT2D eigenvalue weighted by Crippen LogP contribution is -2.31. The quantitative estimate of drug-likeness (QED) is 0.623. The lowest BCUT2D eigenvalue weighted by atomic mass is 10.1. The highest BCUT2D eigenvalue weighted by Gasteiger charge is 2.47. The van der Waals surface area contributed by atoms with E-state index in [0.717, 1.165) is 30.6 Å². The fraction of sp³-hybridized carbons (Fsp3) is 0.391. The Bertz CT molecular complexity index is 791. The number of hydrogen-bond donors (Lipinski definition) is 2. The van der Waals surface area contributed by atoms with Crippen LogP contribution in [0.4, 0.5) is 0 Å². The van der Waals surface area contributed by atoms with E-state index in [2.05, 4.69) is 22.8 Å². The van der Waals surface area contributed by atoms with Crippen LogP contribution in [0.15, 0.2) is 54.6 Å². The number of methoxy groups -OCH3 is 1. The van der Waals surface area contributed by atoms with Gasteiger partial charge in [-0.3, -0.25) is 9.59 Å². The highest BCUT2D eigenvalue weighted by molar-refractivity contribution is 5.92. The van der Waals surface area contributed by atoms with Crippen molar-refractivity contribution in [2.75, 3.05) is 20.2 Å². The highest BCUT2D eigenvalue weighted by Crippen LogP contribution is 2.38. The average Bonchev–Trinajstić information content (AvgIpc) is 3.53. The van der Waals surface area contributed by atoms with Crippen molar-refractivity contribution in [2.45, 2.75) is 25.7 Å². The molecule has 1 saturated carbocycles. The topological polar surface area (TPSA) is 67.4 Å². The van der Waals surface area contributed by atoms with Gasteiger partial charge < -0.3 is 15.4 Å². The predicted molar refractivity (Wildman–Crippen MR) is 109 cm³/mol. The second-order valence-electron chi connectivity index (χ2n) is 7.22. The minimum absolute atomic E-state index is 0.000933. The molecular formula is C23H28N2O3. The van der Waals surface area contributed by atoms with Crippen LogP contribution in [0.5, 0.6) is 5.75 Å². The molecule has 5 nitrogen and oxygen atoms in total. The summed E-state index contributed by atoms with van der Waals surface area (Å²) in [6.07, 6.45) is 3.24. The molecule has 3 rings (SSSR count). The van der Waals surface area contributed by atoms with Crippen molar-refractivity contribution in [3.05, 3.63) is 65.7 Å². The third-order valence-corrected chi connectivity index (χ3v) is 5.10. The van der Waals surface area contributed by atoms with E-state index in [9.17, 15) is 9.59 Å². The molecule has 0 bridgehead atoms. The number of carbonyl (C=O) groups excluding carboxylic acids is 2. The number of hydrogen-bond acceptors (Lipinski definition) is 3. The molecule has 1 aliphatic carbocycles. The molecule has 28 heavy (non-hydrogen) atoms. The van der Waals surface area contributed by atoms with E-state index in [0.29, 0.717) is 19.5 Å². The molecule has 0 aliphatic heterocycles. The molecule has 2 N–H and O–H groups in total. The van der Waals surface area contributed by atoms with Crippen molar-refractivity contribution in [3.8, 4) is 5.75 Å². The molecule has 1 fully saturated rings. The molecular weight excluding hydrogens is 352 g/mol. The van der Waals surface area contributed by atoms with E-state index in [4.69, 9.17) is 4.74 Å². The van der Waals surface area contributed by atoms with Crippen molar-refractivity contribution in [1.29, 1.82) is 0 Å². The van der Waals surface area contributed by atoms with E-state index in [1.54, 1.807) is 7.11 Å². The normalized spacial score (nSPS) is 17.6. The molecule has 0 radical (unpaired) electrons. The maximum Gasteiger partial charge on any atom is 0.223 e. The first-order chi connectivity index (χ1) is 13.7. The number of ether oxygens (including phenoxy) is 1. The number of benzene rings is 2. The summed E-state index contributed by atoms with van der Waals surface area (Å²) in [5, 5.41) is 5.91. The zero-order chi connectivity index (χ0) is 19.8. The standard InChI is InChI=1S/C23H28N2O3/c1-28-19-11-5-9-18(15-19)12-14-25-23(27)21-16-20(21)22(26)24-13-6-10-17-7-3-2-4-8-17/h2-5,7-9,11,15,20-21H,6,10,12-14,16H2,1H3,(H,24,26)(H,25,27). The first kappa shape index (κ1) is 19.9. The Kier molecular flexibility index (Phi) is 7.06. The molecule has 2 atom stereocenters. The number of nitrogens with one attached hydrogen (secondary N) is 2. The number of rotatable bonds is 10. The van der Waals surface area contributed by atoms with Gasteiger partial charge in [-0.1, -0.05) is 42.5 Å². The van der Waals surface area contributed by atoms with Crippen LogP contribution < -0.4 is 15.4 Å². The molecule has 2 aromatic rings. The van der Waals surface area contributed by atoms with Crippen LogP contribution in [0.2, 0.25) is 0 Å². The van der Waals surface area contributed by atoms with Crippen LogP contribution in [0.3, 0.4) is 0 Å². The third-order valence-electron chi connectivity index (χ3n) is 5.10. The summed E-state index contributed by atoms with van der Waals surface area (Å²) >= 11 is 0. The Balaban J connectivity index is 1.30. The average molecular weight is 380 g/mol. The van der Waals surface area contributed by atoms with Crippen LogP contribution in [0, 0.1) is 11.8 Å². The fourth-order valence-electron chi connectivity index (χ4n) is 3.34. The van der Waals surface area contributed by atoms with Gasteiger partial charge in [0.2, 0.25) is 11.8 Å². The van der Waals surface area contributed by atoms with Crippen LogP contribution in [-0.4, -0.2) is 32.0 Å². The first-order valence-electron chi connectivity index (χ1n) is 9.89. The molecule has 148 valence electrons. The Morgan fingerprint density at radius 3 is 2.29 bits per heavy atom. The van der Waals surface area contributed by atoms with Gasteiger partial charge in [0.1, 0.15) is 5.75 Å². The summed E-state index contributed by atoms with van der Waals surface area (Å²) in [5.41, 5.74) is 2.39. The minimum Gasteiger partial charge on any atom is -0.497 e. The van der Waals surface area contributed by atoms with E-state index < -0.39 is 0 Å². The number of carbonyl (C=O) groups is 2. The molecule has 2 amide bonds. The van der Waals surface area contributed by atoms with Crippen LogP contribution in [-0.2, 0) is 22.4 Å². The molecule has 0 saturated heterocycles. The molecule has 0 heterocycles. The van der Waals surface area contributed by atoms with E-state index in [1.165, 1.54) is 5.56 Å². The van der Waals surface area contributed by atoms with Crippen molar-refractivity contribution in [2.24, 2.45) is 11.8 Å². The second kappa shape index (κ2) is 9.93. The maximum absolute atomic E-state index is 12.2. The van der Waals surface area contributed by atoms with Gasteiger partial charge in [0.15, 0.2) is 0 Å².